The molecule has 0 fully saturated rings. The minimum absolute atomic E-state index is 0.769. The van der Waals surface area contributed by atoms with Crippen LogP contribution in [0.2, 0.25) is 0 Å². The molecule has 0 unspecified atom stereocenters. The molecule has 5 heavy (non-hydrogen) atoms. The summed E-state index contributed by atoms with van der Waals surface area (Å²) in [5, 5.41) is 0.769. The van der Waals surface area contributed by atoms with E-state index >= 15 is 0 Å². The first-order valence-electron chi connectivity index (χ1n) is 0.877. The number of halogens is 2. The lowest BCUT2D eigenvalue weighted by Gasteiger charge is -1.78. The van der Waals surface area contributed by atoms with Crippen molar-refractivity contribution in [2.75, 3.05) is 0 Å². The largest absolute Gasteiger partial charge is 0.364 e. The average Bonchev–Trinajstić information content (AvgIpc) is 1.41. The SMILES string of the molecule is IBOSI. The van der Waals surface area contributed by atoms with Crippen LogP contribution in [-0.2, 0) is 4.10 Å². The van der Waals surface area contributed by atoms with Crippen LogP contribution in [-0.4, -0.2) is 5.34 Å². The molecule has 0 saturated carbocycles. The maximum atomic E-state index is 4.72. The third kappa shape index (κ3) is 5.83. The summed E-state index contributed by atoms with van der Waals surface area (Å²) in [6, 6.07) is 0. The molecular weight excluding hydrogens is 313 g/mol. The molecule has 0 aromatic carbocycles. The number of hydrogen-bond acceptors (Lipinski definition) is 2. The molecule has 0 aromatic rings. The van der Waals surface area contributed by atoms with Gasteiger partial charge in [-0.1, -0.05) is 0 Å². The Morgan fingerprint density at radius 1 is 1.80 bits per heavy atom. The van der Waals surface area contributed by atoms with Gasteiger partial charge in [0.15, 0.2) is 0 Å². The normalized spacial score (nSPS) is 7.60. The number of hydrogen-bond donors (Lipinski definition) is 0. The molecule has 0 aliphatic rings. The molecule has 0 aliphatic heterocycles. The van der Waals surface area contributed by atoms with E-state index in [1.165, 1.54) is 9.21 Å². The fraction of sp³-hybridized carbons (Fsp3) is 0. The van der Waals surface area contributed by atoms with Crippen LogP contribution < -0.4 is 0 Å². The average molecular weight is 314 g/mol. The molecule has 0 aromatic heterocycles. The monoisotopic (exact) mass is 314 g/mol. The van der Waals surface area contributed by atoms with Gasteiger partial charge in [-0.3, -0.25) is 0 Å². The molecule has 0 radical (unpaired) electrons. The summed E-state index contributed by atoms with van der Waals surface area (Å²) >= 11 is 4.22. The molecule has 0 spiro atoms. The Bertz CT molecular complexity index is 17.1. The predicted molar refractivity (Wildman–Crippen MR) is 43.9 cm³/mol. The van der Waals surface area contributed by atoms with Crippen molar-refractivity contribution in [3.05, 3.63) is 0 Å². The second kappa shape index (κ2) is 5.83. The standard InChI is InChI=1S/BHI2OS/c2-1-4-5-3/h1H. The Kier molecular flexibility index (Phi) is 7.98. The number of rotatable bonds is 2. The van der Waals surface area contributed by atoms with Gasteiger partial charge < -0.3 is 4.10 Å². The van der Waals surface area contributed by atoms with Crippen LogP contribution in [0.4, 0.5) is 0 Å². The van der Waals surface area contributed by atoms with Crippen LogP contribution in [0.25, 0.3) is 0 Å². The van der Waals surface area contributed by atoms with Crippen LogP contribution in [0.5, 0.6) is 0 Å². The van der Waals surface area contributed by atoms with Gasteiger partial charge in [-0.15, -0.1) is 22.4 Å². The first-order chi connectivity index (χ1) is 2.41. The molecule has 0 N–H and O–H groups in total. The highest BCUT2D eigenvalue weighted by Gasteiger charge is 1.74. The summed E-state index contributed by atoms with van der Waals surface area (Å²) in [6.07, 6.45) is 0. The maximum Gasteiger partial charge on any atom is 0.364 e. The third-order valence-corrected chi connectivity index (χ3v) is 1.79. The van der Waals surface area contributed by atoms with Crippen LogP contribution in [0.3, 0.4) is 0 Å². The van der Waals surface area contributed by atoms with Gasteiger partial charge in [-0.2, -0.15) is 0 Å². The highest BCUT2D eigenvalue weighted by Crippen LogP contribution is 2.11. The highest BCUT2D eigenvalue weighted by molar-refractivity contribution is 14.2. The van der Waals surface area contributed by atoms with Crippen molar-refractivity contribution in [3.63, 3.8) is 0 Å². The first-order valence-corrected chi connectivity index (χ1v) is 5.69. The lowest BCUT2D eigenvalue weighted by Crippen LogP contribution is -1.68. The molecule has 0 rings (SSSR count). The van der Waals surface area contributed by atoms with Gasteiger partial charge in [0.1, 0.15) is 0 Å². The molecule has 0 saturated heterocycles. The van der Waals surface area contributed by atoms with Crippen LogP contribution in [0.1, 0.15) is 0 Å². The lowest BCUT2D eigenvalue weighted by atomic mass is 10.6. The topological polar surface area (TPSA) is 9.23 Å². The summed E-state index contributed by atoms with van der Waals surface area (Å²) in [5.41, 5.74) is 0. The Morgan fingerprint density at radius 3 is 2.40 bits per heavy atom. The van der Waals surface area contributed by atoms with Crippen molar-refractivity contribution in [3.8, 4) is 0 Å². The minimum atomic E-state index is 0.769. The van der Waals surface area contributed by atoms with Gasteiger partial charge in [0, 0.05) is 30.4 Å². The quantitative estimate of drug-likeness (QED) is 0.436. The van der Waals surface area contributed by atoms with Crippen LogP contribution in [0.15, 0.2) is 0 Å². The third-order valence-electron chi connectivity index (χ3n) is 0.0891. The fourth-order valence-electron chi connectivity index (χ4n) is 0.0168. The molecule has 0 atom stereocenters. The van der Waals surface area contributed by atoms with E-state index in [0.29, 0.717) is 0 Å². The molecule has 0 amide bonds. The Morgan fingerprint density at radius 2 is 2.40 bits per heavy atom. The van der Waals surface area contributed by atoms with E-state index in [1.807, 2.05) is 0 Å². The lowest BCUT2D eigenvalue weighted by molar-refractivity contribution is 0.735. The van der Waals surface area contributed by atoms with E-state index in [2.05, 4.69) is 43.6 Å². The smallest absolute Gasteiger partial charge is 0.358 e. The summed E-state index contributed by atoms with van der Waals surface area (Å²) < 4.78 is 4.72. The zero-order valence-corrected chi connectivity index (χ0v) is 7.41. The maximum absolute atomic E-state index is 4.72. The Balaban J connectivity index is 2.19. The van der Waals surface area contributed by atoms with E-state index in [-0.39, 0.29) is 0 Å². The first kappa shape index (κ1) is 6.83. The van der Waals surface area contributed by atoms with Gasteiger partial charge in [-0.05, 0) is 0 Å². The molecular formula is HBI2OS. The Hall–Kier alpha value is 1.83. The summed E-state index contributed by atoms with van der Waals surface area (Å²) in [4.78, 5) is 0. The molecule has 30 valence electrons. The van der Waals surface area contributed by atoms with E-state index in [1.54, 1.807) is 0 Å². The molecule has 0 bridgehead atoms. The molecule has 0 aliphatic carbocycles. The van der Waals surface area contributed by atoms with E-state index in [0.717, 1.165) is 5.34 Å². The van der Waals surface area contributed by atoms with Crippen LogP contribution >= 0.6 is 52.8 Å². The minimum Gasteiger partial charge on any atom is -0.358 e. The second-order valence-corrected chi connectivity index (χ2v) is 2.35. The van der Waals surface area contributed by atoms with Crippen molar-refractivity contribution < 1.29 is 4.10 Å². The van der Waals surface area contributed by atoms with Crippen LogP contribution in [0, 0.1) is 0 Å². The van der Waals surface area contributed by atoms with Gasteiger partial charge in [-0.25, -0.2) is 0 Å². The second-order valence-electron chi connectivity index (χ2n) is 0.290. The van der Waals surface area contributed by atoms with Gasteiger partial charge in [0.05, 0.1) is 0 Å². The zero-order chi connectivity index (χ0) is 4.12. The van der Waals surface area contributed by atoms with E-state index in [9.17, 15) is 0 Å². The zero-order valence-electron chi connectivity index (χ0n) is 2.28. The van der Waals surface area contributed by atoms with Gasteiger partial charge in [0.25, 0.3) is 0 Å². The van der Waals surface area contributed by atoms with Gasteiger partial charge in [0.2, 0.25) is 0 Å². The van der Waals surface area contributed by atoms with Crippen molar-refractivity contribution in [2.45, 2.75) is 0 Å². The van der Waals surface area contributed by atoms with E-state index in [4.69, 9.17) is 4.10 Å². The molecule has 1 nitrogen and oxygen atoms in total. The van der Waals surface area contributed by atoms with E-state index < -0.39 is 0 Å². The Labute approximate surface area is 61.5 Å². The van der Waals surface area contributed by atoms with Crippen molar-refractivity contribution in [1.29, 1.82) is 0 Å². The van der Waals surface area contributed by atoms with Crippen molar-refractivity contribution in [2.24, 2.45) is 0 Å². The van der Waals surface area contributed by atoms with Gasteiger partial charge >= 0.3 is 5.34 Å². The highest BCUT2D eigenvalue weighted by atomic mass is 127. The predicted octanol–water partition coefficient (Wildman–Crippen LogP) is 1.70. The summed E-state index contributed by atoms with van der Waals surface area (Å²) in [7, 11) is 1.36. The summed E-state index contributed by atoms with van der Waals surface area (Å²) in [5.74, 6) is 0. The molecule has 0 heterocycles. The van der Waals surface area contributed by atoms with Crippen molar-refractivity contribution >= 4 is 58.1 Å². The summed E-state index contributed by atoms with van der Waals surface area (Å²) in [6.45, 7) is 0. The fourth-order valence-corrected chi connectivity index (χ4v) is 2.27. The molecule has 5 heteroatoms. The van der Waals surface area contributed by atoms with Crippen molar-refractivity contribution in [1.82, 2.24) is 0 Å².